The molecule has 1 heterocycles. The number of nitrogens with zero attached hydrogens (tertiary/aromatic N) is 3. The van der Waals surface area contributed by atoms with Crippen molar-refractivity contribution in [2.24, 2.45) is 5.10 Å². The maximum atomic E-state index is 12.7. The Morgan fingerprint density at radius 1 is 1.28 bits per heavy atom. The van der Waals surface area contributed by atoms with E-state index < -0.39 is 16.4 Å². The van der Waals surface area contributed by atoms with Crippen molar-refractivity contribution in [2.45, 2.75) is 13.5 Å². The van der Waals surface area contributed by atoms with E-state index in [1.807, 2.05) is 31.2 Å². The van der Waals surface area contributed by atoms with Crippen LogP contribution >= 0.6 is 0 Å². The molecular weight excluding hydrogens is 416 g/mol. The molecule has 2 aromatic carbocycles. The first-order valence-electron chi connectivity index (χ1n) is 9.44. The number of aromatic nitrogens is 1. The van der Waals surface area contributed by atoms with Gasteiger partial charge in [-0.25, -0.2) is 5.43 Å². The molecule has 164 valence electrons. The molecule has 3 aromatic rings. The van der Waals surface area contributed by atoms with Crippen LogP contribution in [-0.4, -0.2) is 33.8 Å². The zero-order chi connectivity index (χ0) is 23.3. The maximum Gasteiger partial charge on any atom is 0.276 e. The summed E-state index contributed by atoms with van der Waals surface area (Å²) in [5, 5.41) is 24.9. The molecule has 2 N–H and O–H groups in total. The highest BCUT2D eigenvalue weighted by molar-refractivity contribution is 5.95. The molecule has 10 heteroatoms. The van der Waals surface area contributed by atoms with E-state index in [-0.39, 0.29) is 28.3 Å². The van der Waals surface area contributed by atoms with Crippen LogP contribution in [0.1, 0.15) is 27.0 Å². The second-order valence-electron chi connectivity index (χ2n) is 6.89. The summed E-state index contributed by atoms with van der Waals surface area (Å²) in [5.74, 6) is -1.26. The number of aromatic hydroxyl groups is 1. The van der Waals surface area contributed by atoms with Crippen LogP contribution in [0, 0.1) is 17.0 Å². The Morgan fingerprint density at radius 3 is 2.75 bits per heavy atom. The third-order valence-electron chi connectivity index (χ3n) is 4.59. The number of carbonyl (C=O) groups is 1. The molecule has 0 saturated heterocycles. The SMILES string of the molecule is COc1cc([N+](=O)[O-])cc(/C=N\NC(=O)c2cccn(Cc3cccc(C)c3)c2=O)c1O. The fraction of sp³-hybridized carbons (Fsp3) is 0.136. The topological polar surface area (TPSA) is 136 Å². The number of methoxy groups -OCH3 is 1. The molecule has 0 aliphatic carbocycles. The molecule has 32 heavy (non-hydrogen) atoms. The number of hydrogen-bond acceptors (Lipinski definition) is 7. The van der Waals surface area contributed by atoms with E-state index in [9.17, 15) is 24.8 Å². The number of pyridine rings is 1. The Balaban J connectivity index is 1.80. The van der Waals surface area contributed by atoms with Crippen LogP contribution in [0.15, 0.2) is 64.6 Å². The lowest BCUT2D eigenvalue weighted by Crippen LogP contribution is -2.30. The number of aryl methyl sites for hydroxylation is 1. The van der Waals surface area contributed by atoms with Crippen molar-refractivity contribution in [2.75, 3.05) is 7.11 Å². The first kappa shape index (κ1) is 22.2. The summed E-state index contributed by atoms with van der Waals surface area (Å²) in [6.45, 7) is 2.25. The van der Waals surface area contributed by atoms with Crippen molar-refractivity contribution in [3.63, 3.8) is 0 Å². The number of phenolic OH excluding ortho intramolecular Hbond substituents is 1. The van der Waals surface area contributed by atoms with E-state index in [0.29, 0.717) is 6.54 Å². The van der Waals surface area contributed by atoms with Crippen molar-refractivity contribution in [3.05, 3.63) is 97.4 Å². The monoisotopic (exact) mass is 436 g/mol. The number of rotatable bonds is 7. The van der Waals surface area contributed by atoms with Gasteiger partial charge in [0.25, 0.3) is 17.2 Å². The van der Waals surface area contributed by atoms with Gasteiger partial charge in [-0.05, 0) is 24.6 Å². The molecule has 3 rings (SSSR count). The summed E-state index contributed by atoms with van der Waals surface area (Å²) in [5.41, 5.74) is 3.18. The second-order valence-corrected chi connectivity index (χ2v) is 6.89. The molecule has 0 bridgehead atoms. The quantitative estimate of drug-likeness (QED) is 0.332. The third kappa shape index (κ3) is 4.98. The highest BCUT2D eigenvalue weighted by Gasteiger charge is 2.16. The van der Waals surface area contributed by atoms with Crippen LogP contribution in [0.25, 0.3) is 0 Å². The number of hydrazone groups is 1. The molecular formula is C22H20N4O6. The molecule has 0 unspecified atom stereocenters. The molecule has 0 atom stereocenters. The zero-order valence-electron chi connectivity index (χ0n) is 17.3. The van der Waals surface area contributed by atoms with Crippen molar-refractivity contribution in [1.29, 1.82) is 0 Å². The summed E-state index contributed by atoms with van der Waals surface area (Å²) in [6, 6.07) is 12.7. The summed E-state index contributed by atoms with van der Waals surface area (Å²) in [6.07, 6.45) is 2.61. The minimum Gasteiger partial charge on any atom is -0.504 e. The van der Waals surface area contributed by atoms with Gasteiger partial charge in [-0.1, -0.05) is 29.8 Å². The number of phenols is 1. The lowest BCUT2D eigenvalue weighted by Gasteiger charge is -2.08. The van der Waals surface area contributed by atoms with Gasteiger partial charge >= 0.3 is 0 Å². The third-order valence-corrected chi connectivity index (χ3v) is 4.59. The van der Waals surface area contributed by atoms with Gasteiger partial charge in [0.2, 0.25) is 0 Å². The highest BCUT2D eigenvalue weighted by Crippen LogP contribution is 2.33. The molecule has 0 aliphatic heterocycles. The number of carbonyl (C=O) groups excluding carboxylic acids is 1. The standard InChI is InChI=1S/C22H20N4O6/c1-14-5-3-6-15(9-14)13-25-8-4-7-18(22(25)29)21(28)24-23-12-16-10-17(26(30)31)11-19(32-2)20(16)27/h3-12,27H,13H2,1-2H3,(H,24,28)/b23-12-. The molecule has 0 radical (unpaired) electrons. The number of non-ortho nitro benzene ring substituents is 1. The van der Waals surface area contributed by atoms with Gasteiger partial charge in [0.1, 0.15) is 5.56 Å². The predicted molar refractivity (Wildman–Crippen MR) is 117 cm³/mol. The van der Waals surface area contributed by atoms with E-state index in [4.69, 9.17) is 4.74 Å². The van der Waals surface area contributed by atoms with Gasteiger partial charge < -0.3 is 14.4 Å². The summed E-state index contributed by atoms with van der Waals surface area (Å²) < 4.78 is 6.32. The second kappa shape index (κ2) is 9.56. The lowest BCUT2D eigenvalue weighted by molar-refractivity contribution is -0.385. The smallest absolute Gasteiger partial charge is 0.276 e. The van der Waals surface area contributed by atoms with Crippen LogP contribution in [0.2, 0.25) is 0 Å². The van der Waals surface area contributed by atoms with Crippen molar-refractivity contribution in [3.8, 4) is 11.5 Å². The Morgan fingerprint density at radius 2 is 2.06 bits per heavy atom. The normalized spacial score (nSPS) is 10.8. The molecule has 10 nitrogen and oxygen atoms in total. The molecule has 0 spiro atoms. The van der Waals surface area contributed by atoms with Crippen LogP contribution < -0.4 is 15.7 Å². The Labute approximate surface area is 182 Å². The van der Waals surface area contributed by atoms with Gasteiger partial charge in [0, 0.05) is 17.8 Å². The van der Waals surface area contributed by atoms with E-state index in [1.165, 1.54) is 17.7 Å². The maximum absolute atomic E-state index is 12.7. The van der Waals surface area contributed by atoms with E-state index in [1.54, 1.807) is 12.3 Å². The van der Waals surface area contributed by atoms with Crippen LogP contribution in [-0.2, 0) is 6.54 Å². The van der Waals surface area contributed by atoms with E-state index in [0.717, 1.165) is 29.5 Å². The first-order valence-corrected chi connectivity index (χ1v) is 9.44. The summed E-state index contributed by atoms with van der Waals surface area (Å²) >= 11 is 0. The Bertz CT molecular complexity index is 1270. The molecule has 0 aliphatic rings. The number of hydrogen-bond donors (Lipinski definition) is 2. The number of ether oxygens (including phenoxy) is 1. The van der Waals surface area contributed by atoms with Crippen molar-refractivity contribution >= 4 is 17.8 Å². The van der Waals surface area contributed by atoms with Gasteiger partial charge in [-0.15, -0.1) is 0 Å². The Hall–Kier alpha value is -4.47. The molecule has 1 aromatic heterocycles. The van der Waals surface area contributed by atoms with E-state index in [2.05, 4.69) is 10.5 Å². The lowest BCUT2D eigenvalue weighted by atomic mass is 10.1. The zero-order valence-corrected chi connectivity index (χ0v) is 17.3. The minimum atomic E-state index is -0.762. The van der Waals surface area contributed by atoms with Crippen LogP contribution in [0.3, 0.4) is 0 Å². The molecule has 0 fully saturated rings. The first-order chi connectivity index (χ1) is 15.3. The van der Waals surface area contributed by atoms with Crippen LogP contribution in [0.5, 0.6) is 11.5 Å². The highest BCUT2D eigenvalue weighted by atomic mass is 16.6. The van der Waals surface area contributed by atoms with Gasteiger partial charge in [0.15, 0.2) is 11.5 Å². The van der Waals surface area contributed by atoms with Crippen molar-refractivity contribution < 1.29 is 19.6 Å². The van der Waals surface area contributed by atoms with Gasteiger partial charge in [0.05, 0.1) is 30.9 Å². The number of nitro benzene ring substituents is 1. The number of nitrogens with one attached hydrogen (secondary N) is 1. The average Bonchev–Trinajstić information content (AvgIpc) is 2.76. The minimum absolute atomic E-state index is 0.0405. The predicted octanol–water partition coefficient (Wildman–Crippen LogP) is 2.59. The van der Waals surface area contributed by atoms with Crippen molar-refractivity contribution in [1.82, 2.24) is 9.99 Å². The fourth-order valence-electron chi connectivity index (χ4n) is 3.04. The summed E-state index contributed by atoms with van der Waals surface area (Å²) in [7, 11) is 1.25. The van der Waals surface area contributed by atoms with Gasteiger partial charge in [-0.2, -0.15) is 5.10 Å². The summed E-state index contributed by atoms with van der Waals surface area (Å²) in [4.78, 5) is 35.6. The average molecular weight is 436 g/mol. The number of nitro groups is 1. The van der Waals surface area contributed by atoms with Crippen LogP contribution in [0.4, 0.5) is 5.69 Å². The largest absolute Gasteiger partial charge is 0.504 e. The fourth-order valence-corrected chi connectivity index (χ4v) is 3.04. The van der Waals surface area contributed by atoms with E-state index >= 15 is 0 Å². The number of amides is 1. The van der Waals surface area contributed by atoms with Gasteiger partial charge in [-0.3, -0.25) is 19.7 Å². The molecule has 1 amide bonds. The molecule has 0 saturated carbocycles. The number of benzene rings is 2. The Kier molecular flexibility index (Phi) is 6.64.